The van der Waals surface area contributed by atoms with Crippen molar-refractivity contribution in [3.63, 3.8) is 0 Å². The van der Waals surface area contributed by atoms with Crippen LogP contribution >= 0.6 is 10.5 Å². The van der Waals surface area contributed by atoms with Gasteiger partial charge in [-0.3, -0.25) is 9.59 Å². The first-order chi connectivity index (χ1) is 14.2. The van der Waals surface area contributed by atoms with Gasteiger partial charge in [0.25, 0.3) is 0 Å². The van der Waals surface area contributed by atoms with Crippen molar-refractivity contribution in [2.24, 2.45) is 5.92 Å². The van der Waals surface area contributed by atoms with E-state index >= 15 is 0 Å². The predicted molar refractivity (Wildman–Crippen MR) is 118 cm³/mol. The molecule has 140 valence electrons. The zero-order chi connectivity index (χ0) is 19.8. The highest BCUT2D eigenvalue weighted by molar-refractivity contribution is 8.16. The number of hydrogen-bond acceptors (Lipinski definition) is 2. The first-order valence-corrected chi connectivity index (χ1v) is 10.8. The fraction of sp³-hybridized carbons (Fsp3) is 0.0385. The first kappa shape index (κ1) is 17.8. The Labute approximate surface area is 172 Å². The Kier molecular flexibility index (Phi) is 4.45. The van der Waals surface area contributed by atoms with E-state index in [1.54, 1.807) is 18.2 Å². The maximum Gasteiger partial charge on any atom is 0.193 e. The summed E-state index contributed by atoms with van der Waals surface area (Å²) in [5, 5.41) is 0. The predicted octanol–water partition coefficient (Wildman–Crippen LogP) is 5.72. The number of hydrogen-bond donors (Lipinski definition) is 0. The Morgan fingerprint density at radius 1 is 0.793 bits per heavy atom. The van der Waals surface area contributed by atoms with Gasteiger partial charge in [-0.05, 0) is 35.2 Å². The van der Waals surface area contributed by atoms with Gasteiger partial charge >= 0.3 is 0 Å². The Balaban J connectivity index is 1.70. The maximum atomic E-state index is 13.3. The molecule has 0 spiro atoms. The second-order valence-corrected chi connectivity index (χ2v) is 9.01. The Morgan fingerprint density at radius 3 is 2.28 bits per heavy atom. The lowest BCUT2D eigenvalue weighted by molar-refractivity contribution is 0.0969. The quantitative estimate of drug-likeness (QED) is 0.421. The van der Waals surface area contributed by atoms with Gasteiger partial charge in [0, 0.05) is 26.5 Å². The maximum absolute atomic E-state index is 13.3. The molecule has 1 heterocycles. The fourth-order valence-electron chi connectivity index (χ4n) is 3.85. The molecule has 2 unspecified atom stereocenters. The number of rotatable bonds is 3. The highest BCUT2D eigenvalue weighted by atomic mass is 32.2. The van der Waals surface area contributed by atoms with Gasteiger partial charge in [-0.1, -0.05) is 72.8 Å². The number of benzene rings is 3. The third-order valence-electron chi connectivity index (χ3n) is 5.24. The SMILES string of the molecule is O=C(c1ccccc1)c1ccc2c(c1)C(=O)C1C=CC=CC1=S2c1ccccc1. The van der Waals surface area contributed by atoms with Gasteiger partial charge in [-0.15, -0.1) is 10.5 Å². The number of carbonyl (C=O) groups excluding carboxylic acids is 2. The summed E-state index contributed by atoms with van der Waals surface area (Å²) < 4.78 is 0. The average molecular weight is 394 g/mol. The molecule has 3 heteroatoms. The van der Waals surface area contributed by atoms with Crippen molar-refractivity contribution in [3.8, 4) is 0 Å². The molecule has 2 atom stereocenters. The molecule has 0 saturated heterocycles. The number of fused-ring (bicyclic) bond motifs is 2. The van der Waals surface area contributed by atoms with Crippen molar-refractivity contribution in [2.75, 3.05) is 0 Å². The van der Waals surface area contributed by atoms with Gasteiger partial charge in [0.2, 0.25) is 0 Å². The molecule has 29 heavy (non-hydrogen) atoms. The monoisotopic (exact) mass is 394 g/mol. The third-order valence-corrected chi connectivity index (χ3v) is 7.64. The lowest BCUT2D eigenvalue weighted by atomic mass is 9.89. The van der Waals surface area contributed by atoms with Crippen LogP contribution in [0.25, 0.3) is 0 Å². The van der Waals surface area contributed by atoms with Crippen molar-refractivity contribution in [1.29, 1.82) is 0 Å². The van der Waals surface area contributed by atoms with Crippen LogP contribution in [0.15, 0.2) is 113 Å². The van der Waals surface area contributed by atoms with Gasteiger partial charge in [0.05, 0.1) is 5.92 Å². The molecular formula is C26H18O2S. The molecule has 0 amide bonds. The third kappa shape index (κ3) is 3.04. The van der Waals surface area contributed by atoms with E-state index in [0.717, 1.165) is 9.76 Å². The molecule has 2 aliphatic rings. The average Bonchev–Trinajstić information content (AvgIpc) is 2.80. The molecule has 0 N–H and O–H groups in total. The van der Waals surface area contributed by atoms with E-state index in [0.29, 0.717) is 16.7 Å². The van der Waals surface area contributed by atoms with E-state index < -0.39 is 0 Å². The van der Waals surface area contributed by atoms with E-state index in [-0.39, 0.29) is 28.0 Å². The summed E-state index contributed by atoms with van der Waals surface area (Å²) in [4.78, 5) is 29.6. The molecular weight excluding hydrogens is 376 g/mol. The van der Waals surface area contributed by atoms with Gasteiger partial charge < -0.3 is 0 Å². The van der Waals surface area contributed by atoms with E-state index in [4.69, 9.17) is 0 Å². The summed E-state index contributed by atoms with van der Waals surface area (Å²) in [6.45, 7) is 0. The standard InChI is InChI=1S/C26H18O2S/c27-25(18-9-3-1-4-10-18)19-15-16-24-22(17-19)26(28)21-13-7-8-14-23(21)29(24)20-11-5-2-6-12-20/h1-17,21H. The zero-order valence-electron chi connectivity index (χ0n) is 15.6. The van der Waals surface area contributed by atoms with Gasteiger partial charge in [0.1, 0.15) is 0 Å². The minimum Gasteiger partial charge on any atom is -0.293 e. The Morgan fingerprint density at radius 2 is 1.52 bits per heavy atom. The lowest BCUT2D eigenvalue weighted by Gasteiger charge is -2.29. The van der Waals surface area contributed by atoms with Crippen LogP contribution in [0.1, 0.15) is 26.3 Å². The summed E-state index contributed by atoms with van der Waals surface area (Å²) in [5.41, 5.74) is 1.84. The fourth-order valence-corrected chi connectivity index (χ4v) is 6.29. The summed E-state index contributed by atoms with van der Waals surface area (Å²) in [6, 6.07) is 25.1. The van der Waals surface area contributed by atoms with Crippen molar-refractivity contribution < 1.29 is 9.59 Å². The van der Waals surface area contributed by atoms with Gasteiger partial charge in [0.15, 0.2) is 11.6 Å². The molecule has 0 saturated carbocycles. The second kappa shape index (κ2) is 7.26. The van der Waals surface area contributed by atoms with Gasteiger partial charge in [-0.2, -0.15) is 0 Å². The van der Waals surface area contributed by atoms with Crippen molar-refractivity contribution in [3.05, 3.63) is 120 Å². The van der Waals surface area contributed by atoms with E-state index in [2.05, 4.69) is 18.2 Å². The molecule has 1 aliphatic heterocycles. The molecule has 3 aromatic carbocycles. The largest absolute Gasteiger partial charge is 0.293 e. The number of Topliss-reactive ketones (excluding diaryl/α,β-unsaturated/α-hetero) is 1. The minimum absolute atomic E-state index is 0.0605. The Hall–Kier alpha value is -3.30. The molecule has 0 fully saturated rings. The Bertz CT molecular complexity index is 1220. The number of allylic oxidation sites excluding steroid dienone is 4. The summed E-state index contributed by atoms with van der Waals surface area (Å²) in [6.07, 6.45) is 7.97. The lowest BCUT2D eigenvalue weighted by Crippen LogP contribution is -2.27. The second-order valence-electron chi connectivity index (χ2n) is 7.01. The topological polar surface area (TPSA) is 34.1 Å². The molecule has 1 aliphatic carbocycles. The highest BCUT2D eigenvalue weighted by Crippen LogP contribution is 2.46. The normalized spacial score (nSPS) is 19.6. The summed E-state index contributed by atoms with van der Waals surface area (Å²) in [7, 11) is -0.340. The van der Waals surface area contributed by atoms with Crippen molar-refractivity contribution in [2.45, 2.75) is 9.79 Å². The van der Waals surface area contributed by atoms with Gasteiger partial charge in [-0.25, -0.2) is 0 Å². The smallest absolute Gasteiger partial charge is 0.193 e. The molecule has 0 aromatic heterocycles. The van der Waals surface area contributed by atoms with Crippen LogP contribution in [0.3, 0.4) is 0 Å². The van der Waals surface area contributed by atoms with Crippen LogP contribution in [0, 0.1) is 5.92 Å². The first-order valence-electron chi connectivity index (χ1n) is 9.53. The van der Waals surface area contributed by atoms with Crippen LogP contribution in [0.5, 0.6) is 0 Å². The van der Waals surface area contributed by atoms with Crippen molar-refractivity contribution >= 4 is 26.9 Å². The molecule has 0 bridgehead atoms. The van der Waals surface area contributed by atoms with E-state index in [1.165, 1.54) is 4.90 Å². The number of ketones is 2. The minimum atomic E-state index is -0.340. The zero-order valence-corrected chi connectivity index (χ0v) is 16.4. The van der Waals surface area contributed by atoms with Crippen LogP contribution in [0.4, 0.5) is 0 Å². The molecule has 2 nitrogen and oxygen atoms in total. The number of carbonyl (C=O) groups is 2. The summed E-state index contributed by atoms with van der Waals surface area (Å²) >= 11 is 0. The molecule has 0 radical (unpaired) electrons. The van der Waals surface area contributed by atoms with E-state index in [1.807, 2.05) is 66.8 Å². The highest BCUT2D eigenvalue weighted by Gasteiger charge is 2.33. The van der Waals surface area contributed by atoms with Crippen molar-refractivity contribution in [1.82, 2.24) is 0 Å². The van der Waals surface area contributed by atoms with Crippen LogP contribution in [-0.4, -0.2) is 16.4 Å². The molecule has 3 aromatic rings. The summed E-state index contributed by atoms with van der Waals surface area (Å²) in [5.74, 6) is -0.259. The van der Waals surface area contributed by atoms with Crippen LogP contribution < -0.4 is 0 Å². The molecule has 5 rings (SSSR count). The van der Waals surface area contributed by atoms with Crippen LogP contribution in [0.2, 0.25) is 0 Å². The van der Waals surface area contributed by atoms with Crippen LogP contribution in [-0.2, 0) is 0 Å². The van der Waals surface area contributed by atoms with E-state index in [9.17, 15) is 9.59 Å².